The number of aryl methyl sites for hydroxylation is 4. The fraction of sp³-hybridized carbons (Fsp3) is 0.320. The summed E-state index contributed by atoms with van der Waals surface area (Å²) in [7, 11) is 0. The summed E-state index contributed by atoms with van der Waals surface area (Å²) in [6.07, 6.45) is 29.9. The molecule has 16 aromatic rings. The van der Waals surface area contributed by atoms with E-state index in [9.17, 15) is 0 Å². The summed E-state index contributed by atoms with van der Waals surface area (Å²) in [6.45, 7) is 11.9. The van der Waals surface area contributed by atoms with Crippen molar-refractivity contribution in [2.24, 2.45) is 0 Å². The smallest absolute Gasteiger partial charge is 0.226 e. The number of fused-ring (bicyclic) bond motifs is 8. The van der Waals surface area contributed by atoms with Crippen LogP contribution in [0, 0.1) is 0 Å². The largest absolute Gasteiger partial charge is 0.384 e. The van der Waals surface area contributed by atoms with Crippen molar-refractivity contribution in [1.82, 2.24) is 59.8 Å². The van der Waals surface area contributed by atoms with E-state index in [4.69, 9.17) is 86.3 Å². The molecule has 0 unspecified atom stereocenters. The van der Waals surface area contributed by atoms with E-state index >= 15 is 0 Å². The van der Waals surface area contributed by atoms with Crippen molar-refractivity contribution in [3.63, 3.8) is 0 Å². The highest BCUT2D eigenvalue weighted by molar-refractivity contribution is 6.32. The van der Waals surface area contributed by atoms with Crippen molar-refractivity contribution >= 4 is 180 Å². The molecule has 0 aliphatic carbocycles. The molecule has 4 saturated heterocycles. The van der Waals surface area contributed by atoms with Crippen LogP contribution in [0.3, 0.4) is 0 Å². The van der Waals surface area contributed by atoms with Gasteiger partial charge in [0.2, 0.25) is 23.8 Å². The van der Waals surface area contributed by atoms with Crippen LogP contribution in [0.15, 0.2) is 219 Å². The van der Waals surface area contributed by atoms with Gasteiger partial charge in [-0.25, -0.2) is 39.9 Å². The van der Waals surface area contributed by atoms with Crippen molar-refractivity contribution in [3.8, 4) is 0 Å². The molecule has 4 N–H and O–H groups in total. The number of anilines is 8. The topological polar surface area (TPSA) is 216 Å². The van der Waals surface area contributed by atoms with Crippen molar-refractivity contribution in [2.75, 3.05) is 119 Å². The molecule has 20 rings (SSSR count). The maximum Gasteiger partial charge on any atom is 0.226 e. The van der Waals surface area contributed by atoms with Gasteiger partial charge in [-0.3, -0.25) is 19.9 Å². The van der Waals surface area contributed by atoms with Gasteiger partial charge in [-0.05, 0) is 250 Å². The Hall–Kier alpha value is -11.7. The van der Waals surface area contributed by atoms with Crippen molar-refractivity contribution in [3.05, 3.63) is 262 Å². The normalized spacial score (nSPS) is 14.3. The van der Waals surface area contributed by atoms with Gasteiger partial charge in [-0.2, -0.15) is 0 Å². The average molecular weight is 1730 g/mol. The van der Waals surface area contributed by atoms with Gasteiger partial charge in [0.05, 0.1) is 66.9 Å². The number of nitrogens with zero attached hydrogens (tertiary/aromatic N) is 16. The minimum absolute atomic E-state index is 0.706. The molecule has 124 heavy (non-hydrogen) atoms. The highest BCUT2D eigenvalue weighted by Gasteiger charge is 2.22. The average Bonchev–Trinajstić information content (AvgIpc) is 0.804. The van der Waals surface area contributed by atoms with Gasteiger partial charge in [0.15, 0.2) is 0 Å². The van der Waals surface area contributed by atoms with Gasteiger partial charge in [0.1, 0.15) is 0 Å². The van der Waals surface area contributed by atoms with E-state index in [0.29, 0.717) is 20.1 Å². The van der Waals surface area contributed by atoms with E-state index in [-0.39, 0.29) is 0 Å². The van der Waals surface area contributed by atoms with Gasteiger partial charge in [0.25, 0.3) is 0 Å². The summed E-state index contributed by atoms with van der Waals surface area (Å²) in [5.41, 5.74) is 16.7. The highest BCUT2D eigenvalue weighted by atomic mass is 35.5. The molecule has 0 amide bonds. The van der Waals surface area contributed by atoms with Gasteiger partial charge < -0.3 is 40.9 Å². The molecule has 20 nitrogen and oxygen atoms in total. The third kappa shape index (κ3) is 21.4. The van der Waals surface area contributed by atoms with E-state index < -0.39 is 0 Å². The quantitative estimate of drug-likeness (QED) is 0.0414. The maximum absolute atomic E-state index is 6.11. The lowest BCUT2D eigenvalue weighted by atomic mass is 10.1. The second-order valence-corrected chi connectivity index (χ2v) is 34.1. The maximum atomic E-state index is 6.11. The van der Waals surface area contributed by atoms with Crippen LogP contribution < -0.4 is 40.9 Å². The first-order chi connectivity index (χ1) is 61.1. The summed E-state index contributed by atoms with van der Waals surface area (Å²) in [6, 6.07) is 64.9. The van der Waals surface area contributed by atoms with Crippen LogP contribution in [0.4, 0.5) is 46.5 Å². The number of piperidine rings is 4. The van der Waals surface area contributed by atoms with E-state index in [1.807, 2.05) is 122 Å². The minimum atomic E-state index is 0.706. The standard InChI is InChI=1S/4C25H26ClN5/c4*26-18-10-11-20-21(12-14-28-24(20)17-18)27-13-6-9-23-19-7-2-3-8-22(19)29-25(30-23)31-15-4-1-5-16-31/h4*2-3,7-8,10-12,14,17H,1,4-6,9,13,15-16H2,(H,27,28). The summed E-state index contributed by atoms with van der Waals surface area (Å²) in [5.74, 6) is 3.55. The zero-order chi connectivity index (χ0) is 84.2. The first kappa shape index (κ1) is 84.5. The predicted molar refractivity (Wildman–Crippen MR) is 517 cm³/mol. The molecule has 632 valence electrons. The SMILES string of the molecule is Clc1ccc2c(NCCCc3nc(N4CCCCC4)nc4ccccc34)ccnc2c1.Clc1ccc2c(NCCCc3nc(N4CCCCC4)nc4ccccc34)ccnc2c1.Clc1ccc2c(NCCCc3nc(N4CCCCC4)nc4ccccc34)ccnc2c1.Clc1ccc2c(NCCCc3nc(N4CCCCC4)nc4ccccc34)ccnc2c1. The lowest BCUT2D eigenvalue weighted by Crippen LogP contribution is -2.31. The Labute approximate surface area is 744 Å². The molecule has 8 aromatic heterocycles. The van der Waals surface area contributed by atoms with Gasteiger partial charge in [-0.15, -0.1) is 0 Å². The lowest BCUT2D eigenvalue weighted by molar-refractivity contribution is 0.568. The van der Waals surface area contributed by atoms with E-state index in [1.165, 1.54) is 77.0 Å². The molecule has 0 bridgehead atoms. The zero-order valence-electron chi connectivity index (χ0n) is 70.1. The summed E-state index contributed by atoms with van der Waals surface area (Å²) < 4.78 is 0. The summed E-state index contributed by atoms with van der Waals surface area (Å²) >= 11 is 24.4. The van der Waals surface area contributed by atoms with Crippen LogP contribution >= 0.6 is 46.4 Å². The molecule has 4 fully saturated rings. The number of hydrogen-bond acceptors (Lipinski definition) is 20. The van der Waals surface area contributed by atoms with E-state index in [1.54, 1.807) is 0 Å². The number of halogens is 4. The number of benzene rings is 8. The van der Waals surface area contributed by atoms with Crippen molar-refractivity contribution in [1.29, 1.82) is 0 Å². The molecule has 0 radical (unpaired) electrons. The first-order valence-corrected chi connectivity index (χ1v) is 45.8. The van der Waals surface area contributed by atoms with Crippen LogP contribution in [-0.4, -0.2) is 138 Å². The summed E-state index contributed by atoms with van der Waals surface area (Å²) in [5, 5.41) is 26.1. The first-order valence-electron chi connectivity index (χ1n) is 44.3. The van der Waals surface area contributed by atoms with Crippen LogP contribution in [0.25, 0.3) is 87.2 Å². The summed E-state index contributed by atoms with van der Waals surface area (Å²) in [4.78, 5) is 66.4. The van der Waals surface area contributed by atoms with Gasteiger partial charge >= 0.3 is 0 Å². The molecule has 0 atom stereocenters. The minimum Gasteiger partial charge on any atom is -0.384 e. The van der Waals surface area contributed by atoms with E-state index in [2.05, 4.69) is 158 Å². The van der Waals surface area contributed by atoms with Crippen LogP contribution in [-0.2, 0) is 25.7 Å². The molecule has 0 saturated carbocycles. The number of pyridine rings is 4. The predicted octanol–water partition coefficient (Wildman–Crippen LogP) is 23.5. The zero-order valence-corrected chi connectivity index (χ0v) is 73.1. The van der Waals surface area contributed by atoms with E-state index in [0.717, 1.165) is 286 Å². The Morgan fingerprint density at radius 1 is 0.226 bits per heavy atom. The number of aromatic nitrogens is 12. The molecular weight excluding hydrogens is 1620 g/mol. The molecular formula is C100H104Cl4N20. The molecule has 0 spiro atoms. The monoisotopic (exact) mass is 1720 g/mol. The Bertz CT molecular complexity index is 5570. The molecule has 4 aliphatic heterocycles. The number of para-hydroxylation sites is 4. The second-order valence-electron chi connectivity index (χ2n) is 32.3. The third-order valence-corrected chi connectivity index (χ3v) is 24.6. The Morgan fingerprint density at radius 3 is 0.669 bits per heavy atom. The second kappa shape index (κ2) is 41.7. The van der Waals surface area contributed by atoms with Crippen molar-refractivity contribution in [2.45, 2.75) is 128 Å². The fourth-order valence-electron chi connectivity index (χ4n) is 17.2. The molecule has 12 heterocycles. The Morgan fingerprint density at radius 2 is 0.444 bits per heavy atom. The number of hydrogen-bond donors (Lipinski definition) is 4. The Balaban J connectivity index is 0.000000117. The highest BCUT2D eigenvalue weighted by Crippen LogP contribution is 2.34. The van der Waals surface area contributed by atoms with Crippen LogP contribution in [0.5, 0.6) is 0 Å². The third-order valence-electron chi connectivity index (χ3n) is 23.7. The van der Waals surface area contributed by atoms with Crippen LogP contribution in [0.2, 0.25) is 20.1 Å². The fourth-order valence-corrected chi connectivity index (χ4v) is 17.9. The Kier molecular flexibility index (Phi) is 28.4. The van der Waals surface area contributed by atoms with Gasteiger partial charge in [-0.1, -0.05) is 119 Å². The molecule has 4 aliphatic rings. The number of nitrogens with one attached hydrogen (secondary N) is 4. The molecule has 24 heteroatoms. The van der Waals surface area contributed by atoms with Gasteiger partial charge in [0, 0.05) is 189 Å². The number of rotatable bonds is 24. The van der Waals surface area contributed by atoms with Crippen molar-refractivity contribution < 1.29 is 0 Å². The lowest BCUT2D eigenvalue weighted by Gasteiger charge is -2.27. The molecule has 8 aromatic carbocycles. The van der Waals surface area contributed by atoms with Crippen LogP contribution in [0.1, 0.15) is 126 Å².